The molecule has 17 heavy (non-hydrogen) atoms. The van der Waals surface area contributed by atoms with Crippen LogP contribution in [0.4, 0.5) is 0 Å². The number of likely N-dealkylation sites (N-methyl/N-ethyl adjacent to an activating group) is 1. The van der Waals surface area contributed by atoms with E-state index in [1.54, 1.807) is 11.9 Å². The average molecular weight is 259 g/mol. The van der Waals surface area contributed by atoms with E-state index in [0.29, 0.717) is 6.54 Å². The third-order valence-electron chi connectivity index (χ3n) is 2.30. The number of methoxy groups -OCH3 is 1. The number of nitrogens with two attached hydrogens (primary N) is 1. The second-order valence-electron chi connectivity index (χ2n) is 3.74. The summed E-state index contributed by atoms with van der Waals surface area (Å²) in [6.07, 6.45) is 0. The zero-order valence-corrected chi connectivity index (χ0v) is 10.9. The predicted octanol–water partition coefficient (Wildman–Crippen LogP) is 1.04. The molecule has 2 N–H and O–H groups in total. The van der Waals surface area contributed by atoms with Gasteiger partial charge in [-0.05, 0) is 5.56 Å². The zero-order chi connectivity index (χ0) is 12.0. The van der Waals surface area contributed by atoms with Gasteiger partial charge < -0.3 is 15.4 Å². The van der Waals surface area contributed by atoms with Crippen LogP contribution >= 0.6 is 12.4 Å². The Morgan fingerprint density at radius 3 is 2.53 bits per heavy atom. The molecule has 96 valence electrons. The van der Waals surface area contributed by atoms with Crippen LogP contribution in [0.15, 0.2) is 30.3 Å². The second-order valence-corrected chi connectivity index (χ2v) is 3.74. The zero-order valence-electron chi connectivity index (χ0n) is 10.1. The minimum atomic E-state index is -0.585. The second kappa shape index (κ2) is 8.06. The van der Waals surface area contributed by atoms with Crippen molar-refractivity contribution in [3.8, 4) is 0 Å². The first-order valence-electron chi connectivity index (χ1n) is 5.18. The molecule has 0 fully saturated rings. The Morgan fingerprint density at radius 2 is 2.00 bits per heavy atom. The van der Waals surface area contributed by atoms with E-state index in [4.69, 9.17) is 10.5 Å². The fourth-order valence-electron chi connectivity index (χ4n) is 1.47. The van der Waals surface area contributed by atoms with Crippen molar-refractivity contribution < 1.29 is 9.53 Å². The van der Waals surface area contributed by atoms with E-state index >= 15 is 0 Å². The van der Waals surface area contributed by atoms with E-state index in [0.717, 1.165) is 5.56 Å². The van der Waals surface area contributed by atoms with Gasteiger partial charge in [0.2, 0.25) is 5.91 Å². The monoisotopic (exact) mass is 258 g/mol. The molecule has 1 amide bonds. The summed E-state index contributed by atoms with van der Waals surface area (Å²) >= 11 is 0. The van der Waals surface area contributed by atoms with E-state index in [-0.39, 0.29) is 24.9 Å². The summed E-state index contributed by atoms with van der Waals surface area (Å²) in [7, 11) is 3.27. The SMILES string of the molecule is COCC(N)C(=O)N(C)Cc1ccccc1.Cl. The van der Waals surface area contributed by atoms with Crippen molar-refractivity contribution in [3.05, 3.63) is 35.9 Å². The molecular formula is C12H19ClN2O2. The highest BCUT2D eigenvalue weighted by atomic mass is 35.5. The Bertz CT molecular complexity index is 333. The molecule has 0 saturated heterocycles. The number of rotatable bonds is 5. The van der Waals surface area contributed by atoms with Gasteiger partial charge in [0.25, 0.3) is 0 Å². The van der Waals surface area contributed by atoms with Gasteiger partial charge in [-0.25, -0.2) is 0 Å². The van der Waals surface area contributed by atoms with E-state index in [1.807, 2.05) is 30.3 Å². The number of carbonyl (C=O) groups is 1. The van der Waals surface area contributed by atoms with E-state index in [9.17, 15) is 4.79 Å². The summed E-state index contributed by atoms with van der Waals surface area (Å²) in [5.74, 6) is -0.106. The van der Waals surface area contributed by atoms with Crippen LogP contribution in [0.3, 0.4) is 0 Å². The molecule has 0 saturated carbocycles. The van der Waals surface area contributed by atoms with Crippen molar-refractivity contribution in [2.75, 3.05) is 20.8 Å². The molecule has 1 aromatic rings. The lowest BCUT2D eigenvalue weighted by atomic mass is 10.2. The molecule has 0 aliphatic rings. The maximum Gasteiger partial charge on any atom is 0.241 e. The highest BCUT2D eigenvalue weighted by molar-refractivity contribution is 5.85. The van der Waals surface area contributed by atoms with Crippen LogP contribution in [0.2, 0.25) is 0 Å². The summed E-state index contributed by atoms with van der Waals surface area (Å²) in [6, 6.07) is 9.21. The minimum Gasteiger partial charge on any atom is -0.383 e. The van der Waals surface area contributed by atoms with Crippen LogP contribution in [0.25, 0.3) is 0 Å². The summed E-state index contributed by atoms with van der Waals surface area (Å²) in [5, 5.41) is 0. The molecule has 1 unspecified atom stereocenters. The third kappa shape index (κ3) is 5.17. The van der Waals surface area contributed by atoms with Crippen molar-refractivity contribution >= 4 is 18.3 Å². The van der Waals surface area contributed by atoms with Gasteiger partial charge in [-0.1, -0.05) is 30.3 Å². The Balaban J connectivity index is 0.00000256. The van der Waals surface area contributed by atoms with Crippen molar-refractivity contribution in [3.63, 3.8) is 0 Å². The number of hydrogen-bond donors (Lipinski definition) is 1. The molecular weight excluding hydrogens is 240 g/mol. The van der Waals surface area contributed by atoms with Gasteiger partial charge in [-0.3, -0.25) is 4.79 Å². The van der Waals surface area contributed by atoms with Crippen LogP contribution in [0, 0.1) is 0 Å². The standard InChI is InChI=1S/C12H18N2O2.ClH/c1-14(12(15)11(13)9-16-2)8-10-6-4-3-5-7-10;/h3-7,11H,8-9,13H2,1-2H3;1H. The number of halogens is 1. The molecule has 0 heterocycles. The van der Waals surface area contributed by atoms with Crippen LogP contribution < -0.4 is 5.73 Å². The lowest BCUT2D eigenvalue weighted by Gasteiger charge is -2.20. The number of carbonyl (C=O) groups excluding carboxylic acids is 1. The average Bonchev–Trinajstić information content (AvgIpc) is 2.29. The quantitative estimate of drug-likeness (QED) is 0.859. The molecule has 1 aromatic carbocycles. The summed E-state index contributed by atoms with van der Waals surface area (Å²) in [5.41, 5.74) is 6.75. The Labute approximate surface area is 108 Å². The normalized spacial score (nSPS) is 11.5. The molecule has 0 aliphatic heterocycles. The van der Waals surface area contributed by atoms with Gasteiger partial charge >= 0.3 is 0 Å². The van der Waals surface area contributed by atoms with E-state index < -0.39 is 6.04 Å². The lowest BCUT2D eigenvalue weighted by Crippen LogP contribution is -2.44. The Hall–Kier alpha value is -1.10. The van der Waals surface area contributed by atoms with Gasteiger partial charge in [0.15, 0.2) is 0 Å². The molecule has 0 bridgehead atoms. The van der Waals surface area contributed by atoms with Gasteiger partial charge in [0.1, 0.15) is 6.04 Å². The van der Waals surface area contributed by atoms with Crippen molar-refractivity contribution in [1.29, 1.82) is 0 Å². The first-order chi connectivity index (χ1) is 7.65. The molecule has 5 heteroatoms. The number of nitrogens with zero attached hydrogens (tertiary/aromatic N) is 1. The molecule has 1 rings (SSSR count). The van der Waals surface area contributed by atoms with Crippen molar-refractivity contribution in [1.82, 2.24) is 4.90 Å². The smallest absolute Gasteiger partial charge is 0.241 e. The van der Waals surface area contributed by atoms with Gasteiger partial charge in [0, 0.05) is 20.7 Å². The molecule has 0 aliphatic carbocycles. The van der Waals surface area contributed by atoms with Crippen molar-refractivity contribution in [2.45, 2.75) is 12.6 Å². The Morgan fingerprint density at radius 1 is 1.41 bits per heavy atom. The topological polar surface area (TPSA) is 55.6 Å². The molecule has 0 spiro atoms. The summed E-state index contributed by atoms with van der Waals surface area (Å²) in [4.78, 5) is 13.4. The number of ether oxygens (including phenoxy) is 1. The van der Waals surface area contributed by atoms with Crippen molar-refractivity contribution in [2.24, 2.45) is 5.73 Å². The van der Waals surface area contributed by atoms with Gasteiger partial charge in [0.05, 0.1) is 6.61 Å². The molecule has 1 atom stereocenters. The largest absolute Gasteiger partial charge is 0.383 e. The van der Waals surface area contributed by atoms with Crippen LogP contribution in [-0.4, -0.2) is 37.6 Å². The predicted molar refractivity (Wildman–Crippen MR) is 70.0 cm³/mol. The van der Waals surface area contributed by atoms with Crippen LogP contribution in [0.5, 0.6) is 0 Å². The molecule has 4 nitrogen and oxygen atoms in total. The first-order valence-corrected chi connectivity index (χ1v) is 5.18. The lowest BCUT2D eigenvalue weighted by molar-refractivity contribution is -0.132. The maximum absolute atomic E-state index is 11.8. The van der Waals surface area contributed by atoms with Crippen LogP contribution in [0.1, 0.15) is 5.56 Å². The number of benzene rings is 1. The summed E-state index contributed by atoms with van der Waals surface area (Å²) in [6.45, 7) is 0.815. The first kappa shape index (κ1) is 15.9. The number of hydrogen-bond acceptors (Lipinski definition) is 3. The molecule has 0 radical (unpaired) electrons. The minimum absolute atomic E-state index is 0. The fraction of sp³-hybridized carbons (Fsp3) is 0.417. The number of amides is 1. The summed E-state index contributed by atoms with van der Waals surface area (Å²) < 4.78 is 4.85. The Kier molecular flexibility index (Phi) is 7.54. The highest BCUT2D eigenvalue weighted by Gasteiger charge is 2.17. The highest BCUT2D eigenvalue weighted by Crippen LogP contribution is 2.03. The third-order valence-corrected chi connectivity index (χ3v) is 2.30. The molecule has 0 aromatic heterocycles. The maximum atomic E-state index is 11.8. The van der Waals surface area contributed by atoms with Gasteiger partial charge in [-0.2, -0.15) is 0 Å². The van der Waals surface area contributed by atoms with Crippen LogP contribution in [-0.2, 0) is 16.1 Å². The van der Waals surface area contributed by atoms with Gasteiger partial charge in [-0.15, -0.1) is 12.4 Å². The fourth-order valence-corrected chi connectivity index (χ4v) is 1.47. The van der Waals surface area contributed by atoms with E-state index in [2.05, 4.69) is 0 Å². The van der Waals surface area contributed by atoms with E-state index in [1.165, 1.54) is 7.11 Å².